The molecule has 308 valence electrons. The van der Waals surface area contributed by atoms with E-state index in [0.29, 0.717) is 39.1 Å². The Balaban J connectivity index is 0.866. The van der Waals surface area contributed by atoms with Crippen molar-refractivity contribution in [3.05, 3.63) is 121 Å². The minimum absolute atomic E-state index is 0.0204. The van der Waals surface area contributed by atoms with Gasteiger partial charge in [0.1, 0.15) is 23.7 Å². The molecular weight excluding hydrogens is 757 g/mol. The Kier molecular flexibility index (Phi) is 11.2. The number of imidazole rings is 2. The molecule has 0 radical (unpaired) electrons. The smallest absolute Gasteiger partial charge is 0.407 e. The van der Waals surface area contributed by atoms with Crippen molar-refractivity contribution in [2.45, 2.75) is 62.7 Å². The summed E-state index contributed by atoms with van der Waals surface area (Å²) < 4.78 is 10.4. The third-order valence-corrected chi connectivity index (χ3v) is 12.5. The van der Waals surface area contributed by atoms with E-state index in [2.05, 4.69) is 75.9 Å². The lowest BCUT2D eigenvalue weighted by atomic mass is 9.90. The summed E-state index contributed by atoms with van der Waals surface area (Å²) >= 11 is 0. The largest absolute Gasteiger partial charge is 0.453 e. The fourth-order valence-corrected chi connectivity index (χ4v) is 9.15. The SMILES string of the molecule is COC(=O)N[C@H](C(=O)N1CCC[C@H]1c1ncc(-c2ccc(-c3ccc4cc(-c5cnc([C@@H]6CCCN6C(=O)[C@H](N)c6ccccc6)[nH]5)ccc4c3)cc2)[nH]1)C1CCOCC1. The van der Waals surface area contributed by atoms with Crippen molar-refractivity contribution in [3.8, 4) is 33.6 Å². The van der Waals surface area contributed by atoms with Gasteiger partial charge in [-0.25, -0.2) is 14.8 Å². The first-order chi connectivity index (χ1) is 29.3. The van der Waals surface area contributed by atoms with Crippen LogP contribution in [-0.4, -0.2) is 87.1 Å². The molecule has 5 N–H and O–H groups in total. The van der Waals surface area contributed by atoms with Gasteiger partial charge < -0.3 is 40.3 Å². The van der Waals surface area contributed by atoms with Gasteiger partial charge in [0.15, 0.2) is 0 Å². The van der Waals surface area contributed by atoms with Crippen LogP contribution in [0.25, 0.3) is 44.4 Å². The summed E-state index contributed by atoms with van der Waals surface area (Å²) in [5.74, 6) is 1.31. The average molecular weight is 807 g/mol. The van der Waals surface area contributed by atoms with Crippen molar-refractivity contribution in [3.63, 3.8) is 0 Å². The molecule has 5 heterocycles. The standard InChI is InChI=1S/C47H50N8O5/c1-59-47(58)53-42(32-19-23-60-24-20-32)46(57)55-22-6-10-40(55)44-49-27-37(51-44)30-13-11-29(12-14-30)33-15-16-35-26-36(18-17-34(35)25-33)38-28-50-43(52-38)39-9-5-21-54(39)45(56)41(48)31-7-3-2-4-8-31/h2-4,7-8,11-18,25-28,32,39-42H,5-6,9-10,19-24,48H2,1H3,(H,49,51)(H,50,52)(H,53,58)/t39-,40-,41+,42-/m0/s1. The molecule has 3 aliphatic rings. The molecule has 3 saturated heterocycles. The second-order valence-corrected chi connectivity index (χ2v) is 16.0. The van der Waals surface area contributed by atoms with E-state index in [1.54, 1.807) is 0 Å². The highest BCUT2D eigenvalue weighted by Crippen LogP contribution is 2.36. The third-order valence-electron chi connectivity index (χ3n) is 12.5. The van der Waals surface area contributed by atoms with Gasteiger partial charge in [-0.1, -0.05) is 78.9 Å². The van der Waals surface area contributed by atoms with E-state index < -0.39 is 18.2 Å². The van der Waals surface area contributed by atoms with Gasteiger partial charge in [0.05, 0.1) is 43.0 Å². The summed E-state index contributed by atoms with van der Waals surface area (Å²) in [5.41, 5.74) is 13.2. The van der Waals surface area contributed by atoms with Crippen LogP contribution in [-0.2, 0) is 19.1 Å². The first-order valence-corrected chi connectivity index (χ1v) is 20.9. The van der Waals surface area contributed by atoms with E-state index >= 15 is 0 Å². The van der Waals surface area contributed by atoms with Gasteiger partial charge in [-0.3, -0.25) is 9.59 Å². The van der Waals surface area contributed by atoms with Crippen LogP contribution in [0.2, 0.25) is 0 Å². The molecule has 0 aliphatic carbocycles. The number of aromatic nitrogens is 4. The van der Waals surface area contributed by atoms with Crippen LogP contribution in [0.4, 0.5) is 4.79 Å². The number of hydrogen-bond donors (Lipinski definition) is 4. The highest BCUT2D eigenvalue weighted by Gasteiger charge is 2.40. The third kappa shape index (κ3) is 7.90. The number of nitrogens with zero attached hydrogens (tertiary/aromatic N) is 4. The van der Waals surface area contributed by atoms with Gasteiger partial charge in [0, 0.05) is 31.9 Å². The number of aromatic amines is 2. The molecule has 3 amide bonds. The fraction of sp³-hybridized carbons (Fsp3) is 0.340. The predicted octanol–water partition coefficient (Wildman–Crippen LogP) is 7.47. The second-order valence-electron chi connectivity index (χ2n) is 16.0. The van der Waals surface area contributed by atoms with Crippen molar-refractivity contribution in [1.82, 2.24) is 35.1 Å². The van der Waals surface area contributed by atoms with E-state index in [1.165, 1.54) is 7.11 Å². The monoisotopic (exact) mass is 806 g/mol. The molecule has 2 aromatic heterocycles. The molecule has 4 atom stereocenters. The molecule has 4 aromatic carbocycles. The Bertz CT molecular complexity index is 2480. The van der Waals surface area contributed by atoms with E-state index in [4.69, 9.17) is 25.2 Å². The van der Waals surface area contributed by atoms with Crippen LogP contribution in [0.15, 0.2) is 103 Å². The topological polar surface area (TPSA) is 172 Å². The van der Waals surface area contributed by atoms with Crippen LogP contribution < -0.4 is 11.1 Å². The van der Waals surface area contributed by atoms with Gasteiger partial charge in [0.25, 0.3) is 0 Å². The molecule has 6 aromatic rings. The minimum Gasteiger partial charge on any atom is -0.453 e. The van der Waals surface area contributed by atoms with Crippen LogP contribution in [0, 0.1) is 5.92 Å². The Morgan fingerprint density at radius 2 is 1.27 bits per heavy atom. The van der Waals surface area contributed by atoms with E-state index in [0.717, 1.165) is 87.3 Å². The van der Waals surface area contributed by atoms with Crippen LogP contribution in [0.1, 0.15) is 73.9 Å². The van der Waals surface area contributed by atoms with Crippen molar-refractivity contribution in [1.29, 1.82) is 0 Å². The van der Waals surface area contributed by atoms with Crippen LogP contribution in [0.5, 0.6) is 0 Å². The number of hydrogen-bond acceptors (Lipinski definition) is 8. The summed E-state index contributed by atoms with van der Waals surface area (Å²) in [6.45, 7) is 2.39. The molecule has 9 rings (SSSR count). The number of H-pyrrole nitrogens is 2. The van der Waals surface area contributed by atoms with Gasteiger partial charge in [0.2, 0.25) is 11.8 Å². The summed E-state index contributed by atoms with van der Waals surface area (Å²) in [6, 6.07) is 29.1. The first-order valence-electron chi connectivity index (χ1n) is 20.9. The van der Waals surface area contributed by atoms with E-state index in [9.17, 15) is 14.4 Å². The van der Waals surface area contributed by atoms with Crippen LogP contribution in [0.3, 0.4) is 0 Å². The maximum Gasteiger partial charge on any atom is 0.407 e. The maximum absolute atomic E-state index is 14.0. The molecule has 60 heavy (non-hydrogen) atoms. The predicted molar refractivity (Wildman–Crippen MR) is 228 cm³/mol. The molecule has 3 aliphatic heterocycles. The zero-order valence-corrected chi connectivity index (χ0v) is 33.7. The van der Waals surface area contributed by atoms with Gasteiger partial charge in [-0.05, 0) is 89.6 Å². The second kappa shape index (κ2) is 17.1. The normalized spacial score (nSPS) is 19.4. The molecular formula is C47H50N8O5. The van der Waals surface area contributed by atoms with Gasteiger partial charge in [-0.15, -0.1) is 0 Å². The number of rotatable bonds is 10. The molecule has 0 bridgehead atoms. The fourth-order valence-electron chi connectivity index (χ4n) is 9.15. The Morgan fingerprint density at radius 1 is 0.717 bits per heavy atom. The summed E-state index contributed by atoms with van der Waals surface area (Å²) in [5, 5.41) is 5.05. The lowest BCUT2D eigenvalue weighted by Crippen LogP contribution is -2.53. The van der Waals surface area contributed by atoms with Crippen LogP contribution >= 0.6 is 0 Å². The van der Waals surface area contributed by atoms with Crippen molar-refractivity contribution in [2.75, 3.05) is 33.4 Å². The Morgan fingerprint density at radius 3 is 1.90 bits per heavy atom. The number of fused-ring (bicyclic) bond motifs is 1. The lowest BCUT2D eigenvalue weighted by Gasteiger charge is -2.34. The Hall–Kier alpha value is -6.31. The zero-order chi connectivity index (χ0) is 41.2. The average Bonchev–Trinajstić information content (AvgIpc) is 4.15. The number of nitrogens with one attached hydrogen (secondary N) is 3. The number of nitrogens with two attached hydrogens (primary N) is 1. The highest BCUT2D eigenvalue weighted by atomic mass is 16.5. The number of alkyl carbamates (subject to hydrolysis) is 1. The summed E-state index contributed by atoms with van der Waals surface area (Å²) in [4.78, 5) is 59.9. The minimum atomic E-state index is -0.705. The highest BCUT2D eigenvalue weighted by molar-refractivity contribution is 5.91. The molecule has 3 fully saturated rings. The molecule has 13 nitrogen and oxygen atoms in total. The Labute approximate surface area is 348 Å². The van der Waals surface area contributed by atoms with Gasteiger partial charge in [-0.2, -0.15) is 0 Å². The van der Waals surface area contributed by atoms with E-state index in [-0.39, 0.29) is 29.8 Å². The molecule has 0 unspecified atom stereocenters. The molecule has 0 saturated carbocycles. The number of likely N-dealkylation sites (tertiary alicyclic amines) is 2. The van der Waals surface area contributed by atoms with Crippen molar-refractivity contribution < 1.29 is 23.9 Å². The van der Waals surface area contributed by atoms with Gasteiger partial charge >= 0.3 is 6.09 Å². The number of carbonyl (C=O) groups is 3. The number of benzene rings is 4. The number of amides is 3. The maximum atomic E-state index is 14.0. The zero-order valence-electron chi connectivity index (χ0n) is 33.7. The lowest BCUT2D eigenvalue weighted by molar-refractivity contribution is -0.137. The number of ether oxygens (including phenoxy) is 2. The number of methoxy groups -OCH3 is 1. The first kappa shape index (κ1) is 39.2. The summed E-state index contributed by atoms with van der Waals surface area (Å²) in [7, 11) is 1.31. The van der Waals surface area contributed by atoms with Crippen molar-refractivity contribution in [2.24, 2.45) is 11.7 Å². The quantitative estimate of drug-likeness (QED) is 0.111. The van der Waals surface area contributed by atoms with Crippen molar-refractivity contribution >= 4 is 28.7 Å². The molecule has 0 spiro atoms. The molecule has 13 heteroatoms. The summed E-state index contributed by atoms with van der Waals surface area (Å²) in [6.07, 6.45) is 7.85. The number of carbonyl (C=O) groups excluding carboxylic acids is 3. The van der Waals surface area contributed by atoms with E-state index in [1.807, 2.05) is 52.5 Å².